The summed E-state index contributed by atoms with van der Waals surface area (Å²) in [5, 5.41) is 0. The van der Waals surface area contributed by atoms with E-state index in [4.69, 9.17) is 18.5 Å². The molecule has 1 aliphatic rings. The molecule has 0 aromatic rings. The van der Waals surface area contributed by atoms with E-state index in [0.29, 0.717) is 17.4 Å². The lowest BCUT2D eigenvalue weighted by Crippen LogP contribution is -2.37. The summed E-state index contributed by atoms with van der Waals surface area (Å²) in [4.78, 5) is 35.3. The smallest absolute Gasteiger partial charge is 0.462 e. The number of hydrogen-bond donors (Lipinski definition) is 1. The van der Waals surface area contributed by atoms with Gasteiger partial charge in [-0.1, -0.05) is 167 Å². The first-order valence-electron chi connectivity index (χ1n) is 21.3. The van der Waals surface area contributed by atoms with Crippen LogP contribution in [-0.2, 0) is 32.7 Å². The SMILES string of the molecule is CCCCCCCCCCCCCCCC(=O)O[C@H](COC(=O)CCCCCCCCCCC1CCCCC1)COP(=O)(O)OCC[N+](C)(C)C. The Bertz CT molecular complexity index is 889. The molecule has 0 amide bonds. The van der Waals surface area contributed by atoms with Gasteiger partial charge in [0.25, 0.3) is 0 Å². The maximum absolute atomic E-state index is 12.7. The third-order valence-corrected chi connectivity index (χ3v) is 11.1. The largest absolute Gasteiger partial charge is 0.472 e. The van der Waals surface area contributed by atoms with Crippen LogP contribution in [-0.4, -0.2) is 74.9 Å². The number of quaternary nitrogens is 1. The highest BCUT2D eigenvalue weighted by atomic mass is 31.2. The normalized spacial score (nSPS) is 15.8. The van der Waals surface area contributed by atoms with E-state index in [2.05, 4.69) is 6.92 Å². The molecule has 0 aromatic heterocycles. The third kappa shape index (κ3) is 32.2. The Kier molecular flexibility index (Phi) is 29.5. The van der Waals surface area contributed by atoms with Crippen molar-refractivity contribution in [3.63, 3.8) is 0 Å². The fraction of sp³-hybridized carbons (Fsp3) is 0.951. The number of esters is 2. The lowest BCUT2D eigenvalue weighted by atomic mass is 9.85. The van der Waals surface area contributed by atoms with Crippen LogP contribution >= 0.6 is 7.82 Å². The van der Waals surface area contributed by atoms with Gasteiger partial charge >= 0.3 is 19.8 Å². The molecule has 1 fully saturated rings. The lowest BCUT2D eigenvalue weighted by Gasteiger charge is -2.24. The van der Waals surface area contributed by atoms with Gasteiger partial charge in [-0.25, -0.2) is 4.57 Å². The summed E-state index contributed by atoms with van der Waals surface area (Å²) in [6.45, 7) is 2.19. The number of nitrogens with zero attached hydrogens (tertiary/aromatic N) is 1. The van der Waals surface area contributed by atoms with Crippen molar-refractivity contribution in [2.45, 2.75) is 199 Å². The molecule has 302 valence electrons. The van der Waals surface area contributed by atoms with Crippen molar-refractivity contribution in [3.05, 3.63) is 0 Å². The molecule has 0 aliphatic heterocycles. The second-order valence-corrected chi connectivity index (χ2v) is 17.7. The minimum Gasteiger partial charge on any atom is -0.462 e. The van der Waals surface area contributed by atoms with Gasteiger partial charge in [0.2, 0.25) is 0 Å². The number of unbranched alkanes of at least 4 members (excludes halogenated alkanes) is 19. The van der Waals surface area contributed by atoms with E-state index >= 15 is 0 Å². The number of likely N-dealkylation sites (N-methyl/N-ethyl adjacent to an activating group) is 1. The number of phosphoric acid groups is 1. The van der Waals surface area contributed by atoms with Crippen LogP contribution < -0.4 is 0 Å². The van der Waals surface area contributed by atoms with Gasteiger partial charge in [-0.15, -0.1) is 0 Å². The van der Waals surface area contributed by atoms with E-state index in [-0.39, 0.29) is 25.6 Å². The molecule has 0 radical (unpaired) electrons. The van der Waals surface area contributed by atoms with Gasteiger partial charge in [-0.2, -0.15) is 0 Å². The van der Waals surface area contributed by atoms with Crippen LogP contribution in [0.3, 0.4) is 0 Å². The molecule has 51 heavy (non-hydrogen) atoms. The van der Waals surface area contributed by atoms with E-state index in [9.17, 15) is 19.0 Å². The summed E-state index contributed by atoms with van der Waals surface area (Å²) in [5.41, 5.74) is 0. The van der Waals surface area contributed by atoms with E-state index < -0.39 is 26.5 Å². The second-order valence-electron chi connectivity index (χ2n) is 16.3. The van der Waals surface area contributed by atoms with Gasteiger partial charge in [0, 0.05) is 12.8 Å². The molecule has 1 unspecified atom stereocenters. The Labute approximate surface area is 313 Å². The summed E-state index contributed by atoms with van der Waals surface area (Å²) in [6, 6.07) is 0. The number of ether oxygens (including phenoxy) is 2. The predicted octanol–water partition coefficient (Wildman–Crippen LogP) is 11.2. The standard InChI is InChI=1S/C41H80NO8P/c1-5-6-7-8-9-10-11-12-13-14-19-22-28-33-41(44)50-39(37-49-51(45,46)48-35-34-42(2,3)4)36-47-40(43)32-27-21-18-16-15-17-20-24-29-38-30-25-23-26-31-38/h38-39H,5-37H2,1-4H3/p+1/t39-/m1/s1. The van der Waals surface area contributed by atoms with Gasteiger partial charge in [0.1, 0.15) is 19.8 Å². The fourth-order valence-electron chi connectivity index (χ4n) is 6.79. The Balaban J connectivity index is 2.28. The average molecular weight is 747 g/mol. The highest BCUT2D eigenvalue weighted by Gasteiger charge is 2.27. The maximum atomic E-state index is 12.7. The Morgan fingerprint density at radius 2 is 1.12 bits per heavy atom. The molecule has 2 atom stereocenters. The molecular weight excluding hydrogens is 665 g/mol. The van der Waals surface area contributed by atoms with Crippen molar-refractivity contribution in [2.24, 2.45) is 5.92 Å². The van der Waals surface area contributed by atoms with Crippen LogP contribution in [0.25, 0.3) is 0 Å². The highest BCUT2D eigenvalue weighted by molar-refractivity contribution is 7.47. The Morgan fingerprint density at radius 3 is 1.63 bits per heavy atom. The minimum absolute atomic E-state index is 0.0379. The third-order valence-electron chi connectivity index (χ3n) is 10.1. The molecule has 1 aliphatic carbocycles. The molecule has 0 bridgehead atoms. The van der Waals surface area contributed by atoms with E-state index in [1.165, 1.54) is 135 Å². The summed E-state index contributed by atoms with van der Waals surface area (Å²) >= 11 is 0. The Morgan fingerprint density at radius 1 is 0.647 bits per heavy atom. The molecule has 0 saturated heterocycles. The molecule has 0 heterocycles. The molecule has 1 saturated carbocycles. The van der Waals surface area contributed by atoms with Crippen LogP contribution in [0, 0.1) is 5.92 Å². The van der Waals surface area contributed by atoms with Crippen molar-refractivity contribution >= 4 is 19.8 Å². The van der Waals surface area contributed by atoms with Crippen LogP contribution in [0.1, 0.15) is 193 Å². The van der Waals surface area contributed by atoms with Crippen molar-refractivity contribution < 1.29 is 42.1 Å². The van der Waals surface area contributed by atoms with E-state index in [0.717, 1.165) is 44.4 Å². The molecule has 10 heteroatoms. The minimum atomic E-state index is -4.36. The van der Waals surface area contributed by atoms with Gasteiger partial charge in [0.05, 0.1) is 27.7 Å². The van der Waals surface area contributed by atoms with Crippen LogP contribution in [0.4, 0.5) is 0 Å². The average Bonchev–Trinajstić information content (AvgIpc) is 3.08. The zero-order valence-electron chi connectivity index (χ0n) is 33.7. The summed E-state index contributed by atoms with van der Waals surface area (Å²) in [6.07, 6.45) is 33.3. The fourth-order valence-corrected chi connectivity index (χ4v) is 7.53. The number of hydrogen-bond acceptors (Lipinski definition) is 7. The molecule has 0 spiro atoms. The highest BCUT2D eigenvalue weighted by Crippen LogP contribution is 2.43. The lowest BCUT2D eigenvalue weighted by molar-refractivity contribution is -0.870. The van der Waals surface area contributed by atoms with Gasteiger partial charge in [0.15, 0.2) is 6.10 Å². The van der Waals surface area contributed by atoms with Crippen molar-refractivity contribution in [1.82, 2.24) is 0 Å². The molecule has 0 aromatic carbocycles. The van der Waals surface area contributed by atoms with E-state index in [1.807, 2.05) is 21.1 Å². The first kappa shape index (κ1) is 48.0. The summed E-state index contributed by atoms with van der Waals surface area (Å²) < 4.78 is 34.3. The first-order chi connectivity index (χ1) is 24.5. The van der Waals surface area contributed by atoms with Crippen molar-refractivity contribution in [3.8, 4) is 0 Å². The molecule has 9 nitrogen and oxygen atoms in total. The zero-order chi connectivity index (χ0) is 37.5. The summed E-state index contributed by atoms with van der Waals surface area (Å²) in [7, 11) is 1.50. The monoisotopic (exact) mass is 747 g/mol. The van der Waals surface area contributed by atoms with E-state index in [1.54, 1.807) is 0 Å². The van der Waals surface area contributed by atoms with Crippen molar-refractivity contribution in [2.75, 3.05) is 47.5 Å². The van der Waals surface area contributed by atoms with Crippen LogP contribution in [0.15, 0.2) is 0 Å². The van der Waals surface area contributed by atoms with Gasteiger partial charge in [-0.3, -0.25) is 18.6 Å². The van der Waals surface area contributed by atoms with Gasteiger partial charge in [-0.05, 0) is 18.8 Å². The predicted molar refractivity (Wildman–Crippen MR) is 209 cm³/mol. The quantitative estimate of drug-likeness (QED) is 0.0295. The number of carbonyl (C=O) groups is 2. The summed E-state index contributed by atoms with van der Waals surface area (Å²) in [5.74, 6) is 0.201. The number of rotatable bonds is 35. The maximum Gasteiger partial charge on any atom is 0.472 e. The number of phosphoric ester groups is 1. The van der Waals surface area contributed by atoms with Gasteiger partial charge < -0.3 is 18.9 Å². The number of carbonyl (C=O) groups excluding carboxylic acids is 2. The van der Waals surface area contributed by atoms with Crippen molar-refractivity contribution in [1.29, 1.82) is 0 Å². The molecular formula is C41H81NO8P+. The Hall–Kier alpha value is -0.990. The first-order valence-corrected chi connectivity index (χ1v) is 22.8. The van der Waals surface area contributed by atoms with Crippen LogP contribution in [0.2, 0.25) is 0 Å². The zero-order valence-corrected chi connectivity index (χ0v) is 34.6. The molecule has 1 N–H and O–H groups in total. The topological polar surface area (TPSA) is 108 Å². The van der Waals surface area contributed by atoms with Crippen LogP contribution in [0.5, 0.6) is 0 Å². The molecule has 1 rings (SSSR count). The second kappa shape index (κ2) is 31.4.